The van der Waals surface area contributed by atoms with Crippen molar-refractivity contribution in [2.45, 2.75) is 54.9 Å². The molecule has 2 rings (SSSR count). The van der Waals surface area contributed by atoms with E-state index in [0.717, 1.165) is 22.3 Å². The van der Waals surface area contributed by atoms with Crippen LogP contribution in [0.4, 0.5) is 5.69 Å². The van der Waals surface area contributed by atoms with Crippen LogP contribution in [-0.4, -0.2) is 24.3 Å². The van der Waals surface area contributed by atoms with Gasteiger partial charge in [-0.1, -0.05) is 13.8 Å². The Kier molecular flexibility index (Phi) is 7.54. The number of nitrogens with one attached hydrogen (secondary N) is 1. The number of carbonyl (C=O) groups is 3. The van der Waals surface area contributed by atoms with Gasteiger partial charge in [-0.2, -0.15) is 0 Å². The average Bonchev–Trinajstić information content (AvgIpc) is 2.69. The van der Waals surface area contributed by atoms with Gasteiger partial charge in [0.25, 0.3) is 0 Å². The van der Waals surface area contributed by atoms with E-state index >= 15 is 0 Å². The standard InChI is InChI=1S/C25H31NO4/c1-14(2)12-23(28)26-21-10-8-20(9-11-21)22(27)13-30-25(29)24-18(6)16(4)15(3)17(5)19(24)7/h8-11,14H,12-13H2,1-7H3,(H,26,28). The first-order valence-electron chi connectivity index (χ1n) is 10.2. The molecule has 1 amide bonds. The summed E-state index contributed by atoms with van der Waals surface area (Å²) in [6, 6.07) is 6.60. The van der Waals surface area contributed by atoms with Crippen LogP contribution in [0.2, 0.25) is 0 Å². The number of esters is 1. The van der Waals surface area contributed by atoms with Crippen molar-refractivity contribution in [2.75, 3.05) is 11.9 Å². The average molecular weight is 410 g/mol. The minimum atomic E-state index is -0.484. The molecule has 0 fully saturated rings. The molecule has 1 N–H and O–H groups in total. The van der Waals surface area contributed by atoms with Gasteiger partial charge in [-0.25, -0.2) is 4.79 Å². The van der Waals surface area contributed by atoms with Crippen molar-refractivity contribution >= 4 is 23.3 Å². The fraction of sp³-hybridized carbons (Fsp3) is 0.400. The summed E-state index contributed by atoms with van der Waals surface area (Å²) >= 11 is 0. The number of benzene rings is 2. The Balaban J connectivity index is 2.04. The molecule has 0 saturated heterocycles. The monoisotopic (exact) mass is 409 g/mol. The van der Waals surface area contributed by atoms with E-state index in [1.54, 1.807) is 24.3 Å². The van der Waals surface area contributed by atoms with Crippen LogP contribution >= 0.6 is 0 Å². The van der Waals surface area contributed by atoms with E-state index in [1.807, 2.05) is 48.5 Å². The number of carbonyl (C=O) groups excluding carboxylic acids is 3. The van der Waals surface area contributed by atoms with Crippen LogP contribution in [0.1, 0.15) is 68.8 Å². The second kappa shape index (κ2) is 9.70. The third kappa shape index (κ3) is 5.35. The summed E-state index contributed by atoms with van der Waals surface area (Å²) in [4.78, 5) is 37.0. The summed E-state index contributed by atoms with van der Waals surface area (Å²) in [5, 5.41) is 2.80. The molecule has 0 saturated carbocycles. The summed E-state index contributed by atoms with van der Waals surface area (Å²) in [5.41, 5.74) is 6.65. The molecule has 0 unspecified atom stereocenters. The largest absolute Gasteiger partial charge is 0.454 e. The summed E-state index contributed by atoms with van der Waals surface area (Å²) in [7, 11) is 0. The van der Waals surface area contributed by atoms with Gasteiger partial charge in [-0.05, 0) is 92.6 Å². The topological polar surface area (TPSA) is 72.5 Å². The summed E-state index contributed by atoms with van der Waals surface area (Å²) < 4.78 is 5.34. The maximum Gasteiger partial charge on any atom is 0.339 e. The van der Waals surface area contributed by atoms with Gasteiger partial charge >= 0.3 is 5.97 Å². The van der Waals surface area contributed by atoms with E-state index in [1.165, 1.54) is 5.56 Å². The Hall–Kier alpha value is -2.95. The van der Waals surface area contributed by atoms with Gasteiger partial charge in [0.1, 0.15) is 0 Å². The number of anilines is 1. The van der Waals surface area contributed by atoms with E-state index in [2.05, 4.69) is 5.32 Å². The van der Waals surface area contributed by atoms with Crippen LogP contribution in [0.15, 0.2) is 24.3 Å². The number of ketones is 1. The summed E-state index contributed by atoms with van der Waals surface area (Å²) in [6.45, 7) is 13.4. The molecular weight excluding hydrogens is 378 g/mol. The Bertz CT molecular complexity index is 943. The van der Waals surface area contributed by atoms with E-state index < -0.39 is 5.97 Å². The van der Waals surface area contributed by atoms with Crippen molar-refractivity contribution in [1.29, 1.82) is 0 Å². The van der Waals surface area contributed by atoms with Crippen LogP contribution in [0, 0.1) is 40.5 Å². The highest BCUT2D eigenvalue weighted by Crippen LogP contribution is 2.26. The molecule has 0 spiro atoms. The second-order valence-electron chi connectivity index (χ2n) is 8.22. The molecule has 0 aromatic heterocycles. The Morgan fingerprint density at radius 2 is 1.33 bits per heavy atom. The lowest BCUT2D eigenvalue weighted by Crippen LogP contribution is -2.17. The maximum absolute atomic E-state index is 12.7. The predicted octanol–water partition coefficient (Wildman–Crippen LogP) is 5.25. The van der Waals surface area contributed by atoms with Gasteiger partial charge in [0.15, 0.2) is 12.4 Å². The van der Waals surface area contributed by atoms with Gasteiger partial charge < -0.3 is 10.1 Å². The molecule has 0 aliphatic heterocycles. The van der Waals surface area contributed by atoms with E-state index in [0.29, 0.717) is 23.2 Å². The third-order valence-corrected chi connectivity index (χ3v) is 5.62. The lowest BCUT2D eigenvalue weighted by molar-refractivity contribution is -0.116. The molecule has 0 aliphatic carbocycles. The second-order valence-corrected chi connectivity index (χ2v) is 8.22. The first-order chi connectivity index (χ1) is 14.0. The molecule has 160 valence electrons. The molecule has 0 heterocycles. The Morgan fingerprint density at radius 1 is 0.833 bits per heavy atom. The minimum Gasteiger partial charge on any atom is -0.454 e. The zero-order valence-electron chi connectivity index (χ0n) is 18.9. The fourth-order valence-corrected chi connectivity index (χ4v) is 3.42. The predicted molar refractivity (Wildman–Crippen MR) is 119 cm³/mol. The minimum absolute atomic E-state index is 0.0626. The van der Waals surface area contributed by atoms with Crippen molar-refractivity contribution in [3.05, 3.63) is 63.2 Å². The van der Waals surface area contributed by atoms with Crippen molar-refractivity contribution in [3.8, 4) is 0 Å². The van der Waals surface area contributed by atoms with Crippen LogP contribution in [0.5, 0.6) is 0 Å². The lowest BCUT2D eigenvalue weighted by atomic mass is 9.90. The lowest BCUT2D eigenvalue weighted by Gasteiger charge is -2.17. The van der Waals surface area contributed by atoms with Crippen molar-refractivity contribution in [1.82, 2.24) is 0 Å². The summed E-state index contributed by atoms with van der Waals surface area (Å²) in [5.74, 6) is -0.567. The van der Waals surface area contributed by atoms with Crippen LogP contribution in [-0.2, 0) is 9.53 Å². The molecule has 5 heteroatoms. The summed E-state index contributed by atoms with van der Waals surface area (Å²) in [6.07, 6.45) is 0.438. The molecule has 0 bridgehead atoms. The molecule has 30 heavy (non-hydrogen) atoms. The molecular formula is C25H31NO4. The number of hydrogen-bond acceptors (Lipinski definition) is 4. The molecule has 0 atom stereocenters. The number of rotatable bonds is 7. The third-order valence-electron chi connectivity index (χ3n) is 5.62. The molecule has 5 nitrogen and oxygen atoms in total. The number of amides is 1. The highest BCUT2D eigenvalue weighted by molar-refractivity contribution is 6.01. The number of Topliss-reactive ketones (excluding diaryl/α,β-unsaturated/α-hetero) is 1. The SMILES string of the molecule is Cc1c(C)c(C)c(C(=O)OCC(=O)c2ccc(NC(=O)CC(C)C)cc2)c(C)c1C. The Morgan fingerprint density at radius 3 is 1.83 bits per heavy atom. The van der Waals surface area contributed by atoms with Crippen LogP contribution in [0.3, 0.4) is 0 Å². The van der Waals surface area contributed by atoms with Crippen LogP contribution in [0.25, 0.3) is 0 Å². The zero-order chi connectivity index (χ0) is 22.6. The first-order valence-corrected chi connectivity index (χ1v) is 10.2. The molecule has 0 aliphatic rings. The first kappa shape index (κ1) is 23.3. The van der Waals surface area contributed by atoms with Crippen molar-refractivity contribution in [2.24, 2.45) is 5.92 Å². The quantitative estimate of drug-likeness (QED) is 0.500. The maximum atomic E-state index is 12.7. The van der Waals surface area contributed by atoms with Gasteiger partial charge in [0.05, 0.1) is 5.56 Å². The van der Waals surface area contributed by atoms with Gasteiger partial charge in [-0.3, -0.25) is 9.59 Å². The highest BCUT2D eigenvalue weighted by atomic mass is 16.5. The van der Waals surface area contributed by atoms with Gasteiger partial charge in [0.2, 0.25) is 5.91 Å². The highest BCUT2D eigenvalue weighted by Gasteiger charge is 2.20. The van der Waals surface area contributed by atoms with Crippen molar-refractivity contribution < 1.29 is 19.1 Å². The Labute approximate surface area is 178 Å². The van der Waals surface area contributed by atoms with Gasteiger partial charge in [0, 0.05) is 17.7 Å². The zero-order valence-corrected chi connectivity index (χ0v) is 18.9. The number of ether oxygens (including phenoxy) is 1. The fourth-order valence-electron chi connectivity index (χ4n) is 3.42. The van der Waals surface area contributed by atoms with Gasteiger partial charge in [-0.15, -0.1) is 0 Å². The molecule has 0 radical (unpaired) electrons. The molecule has 2 aromatic rings. The van der Waals surface area contributed by atoms with E-state index in [4.69, 9.17) is 4.74 Å². The number of hydrogen-bond donors (Lipinski definition) is 1. The van der Waals surface area contributed by atoms with E-state index in [-0.39, 0.29) is 24.2 Å². The normalized spacial score (nSPS) is 10.8. The smallest absolute Gasteiger partial charge is 0.339 e. The van der Waals surface area contributed by atoms with E-state index in [9.17, 15) is 14.4 Å². The van der Waals surface area contributed by atoms with Crippen LogP contribution < -0.4 is 5.32 Å². The molecule has 2 aromatic carbocycles. The van der Waals surface area contributed by atoms with Crippen molar-refractivity contribution in [3.63, 3.8) is 0 Å².